The third kappa shape index (κ3) is 10.4. The van der Waals surface area contributed by atoms with E-state index in [9.17, 15) is 0 Å². The second kappa shape index (κ2) is 15.4. The van der Waals surface area contributed by atoms with Crippen molar-refractivity contribution in [2.45, 2.75) is 59.0 Å². The lowest BCUT2D eigenvalue weighted by Crippen LogP contribution is -2.47. The Bertz CT molecular complexity index is 296. The summed E-state index contributed by atoms with van der Waals surface area (Å²) >= 11 is 0. The van der Waals surface area contributed by atoms with Crippen LogP contribution in [0.2, 0.25) is 0 Å². The Balaban J connectivity index is 0.00000484. The maximum atomic E-state index is 5.71. The van der Waals surface area contributed by atoms with Gasteiger partial charge in [0.15, 0.2) is 5.96 Å². The van der Waals surface area contributed by atoms with Crippen LogP contribution in [-0.4, -0.2) is 63.0 Å². The quantitative estimate of drug-likeness (QED) is 0.245. The normalized spacial score (nSPS) is 16.3. The van der Waals surface area contributed by atoms with E-state index in [4.69, 9.17) is 14.5 Å². The van der Waals surface area contributed by atoms with Crippen LogP contribution in [0.1, 0.15) is 52.9 Å². The predicted molar refractivity (Wildman–Crippen MR) is 108 cm³/mol. The summed E-state index contributed by atoms with van der Waals surface area (Å²) in [6.45, 7) is 12.7. The van der Waals surface area contributed by atoms with Gasteiger partial charge in [0.05, 0.1) is 6.10 Å². The zero-order valence-corrected chi connectivity index (χ0v) is 17.5. The minimum atomic E-state index is 0. The molecule has 1 aliphatic heterocycles. The van der Waals surface area contributed by atoms with E-state index < -0.39 is 0 Å². The number of nitrogens with one attached hydrogen (secondary N) is 1. The van der Waals surface area contributed by atoms with Crippen LogP contribution >= 0.6 is 24.0 Å². The number of rotatable bonds is 10. The summed E-state index contributed by atoms with van der Waals surface area (Å²) in [5.74, 6) is 1.05. The zero-order valence-electron chi connectivity index (χ0n) is 15.2. The molecule has 0 unspecified atom stereocenters. The van der Waals surface area contributed by atoms with Gasteiger partial charge in [-0.2, -0.15) is 0 Å². The molecule has 1 rings (SSSR count). The van der Waals surface area contributed by atoms with E-state index in [-0.39, 0.29) is 24.0 Å². The Morgan fingerprint density at radius 1 is 1.13 bits per heavy atom. The molecule has 0 aromatic heterocycles. The van der Waals surface area contributed by atoms with Gasteiger partial charge >= 0.3 is 0 Å². The number of hydrogen-bond donors (Lipinski definition) is 1. The number of guanidine groups is 1. The van der Waals surface area contributed by atoms with E-state index in [0.717, 1.165) is 77.6 Å². The fourth-order valence-electron chi connectivity index (χ4n) is 2.60. The van der Waals surface area contributed by atoms with E-state index in [1.54, 1.807) is 0 Å². The molecule has 1 N–H and O–H groups in total. The molecule has 1 fully saturated rings. The molecule has 5 nitrogen and oxygen atoms in total. The Kier molecular flexibility index (Phi) is 15.4. The summed E-state index contributed by atoms with van der Waals surface area (Å²) in [6.07, 6.45) is 5.96. The van der Waals surface area contributed by atoms with Crippen LogP contribution in [-0.2, 0) is 9.47 Å². The van der Waals surface area contributed by atoms with Crippen molar-refractivity contribution in [3.8, 4) is 0 Å². The fourth-order valence-corrected chi connectivity index (χ4v) is 2.60. The van der Waals surface area contributed by atoms with Gasteiger partial charge in [-0.15, -0.1) is 24.0 Å². The Hall–Kier alpha value is -0.0800. The molecule has 1 saturated heterocycles. The maximum absolute atomic E-state index is 5.71. The minimum Gasteiger partial charge on any atom is -0.381 e. The number of nitrogens with zero attached hydrogens (tertiary/aromatic N) is 2. The van der Waals surface area contributed by atoms with Crippen molar-refractivity contribution in [2.24, 2.45) is 4.99 Å². The molecule has 1 heterocycles. The number of halogens is 1. The smallest absolute Gasteiger partial charge is 0.193 e. The van der Waals surface area contributed by atoms with E-state index >= 15 is 0 Å². The Morgan fingerprint density at radius 2 is 1.83 bits per heavy atom. The molecule has 138 valence electrons. The third-order valence-corrected chi connectivity index (χ3v) is 3.83. The first kappa shape index (κ1) is 22.9. The standard InChI is InChI=1S/C17H35N3O2.HI/c1-4-7-14-21-15-8-11-19-17(18-5-2)20-12-9-16(10-13-20)22-6-3;/h16H,4-15H2,1-3H3,(H,18,19);1H. The highest BCUT2D eigenvalue weighted by molar-refractivity contribution is 14.0. The van der Waals surface area contributed by atoms with Gasteiger partial charge in [-0.25, -0.2) is 0 Å². The molecule has 6 heteroatoms. The minimum absolute atomic E-state index is 0. The molecule has 0 amide bonds. The summed E-state index contributed by atoms with van der Waals surface area (Å²) in [6, 6.07) is 0. The molecule has 0 aromatic rings. The topological polar surface area (TPSA) is 46.1 Å². The highest BCUT2D eigenvalue weighted by Gasteiger charge is 2.21. The van der Waals surface area contributed by atoms with Crippen LogP contribution in [0.15, 0.2) is 4.99 Å². The number of hydrogen-bond acceptors (Lipinski definition) is 3. The van der Waals surface area contributed by atoms with Gasteiger partial charge in [0, 0.05) is 46.0 Å². The lowest BCUT2D eigenvalue weighted by Gasteiger charge is -2.34. The van der Waals surface area contributed by atoms with E-state index in [0.29, 0.717) is 6.10 Å². The number of likely N-dealkylation sites (tertiary alicyclic amines) is 1. The lowest BCUT2D eigenvalue weighted by atomic mass is 10.1. The largest absolute Gasteiger partial charge is 0.381 e. The molecule has 0 saturated carbocycles. The molecule has 0 aliphatic carbocycles. The second-order valence-electron chi connectivity index (χ2n) is 5.70. The van der Waals surface area contributed by atoms with Gasteiger partial charge in [-0.3, -0.25) is 4.99 Å². The first-order chi connectivity index (χ1) is 10.8. The SMILES string of the molecule is CCCCOCCCN=C(NCC)N1CCC(OCC)CC1.I. The van der Waals surface area contributed by atoms with Crippen molar-refractivity contribution < 1.29 is 9.47 Å². The van der Waals surface area contributed by atoms with Crippen molar-refractivity contribution >= 4 is 29.9 Å². The first-order valence-electron chi connectivity index (χ1n) is 9.04. The summed E-state index contributed by atoms with van der Waals surface area (Å²) < 4.78 is 11.3. The van der Waals surface area contributed by atoms with Crippen LogP contribution < -0.4 is 5.32 Å². The summed E-state index contributed by atoms with van der Waals surface area (Å²) in [5.41, 5.74) is 0. The van der Waals surface area contributed by atoms with E-state index in [1.165, 1.54) is 6.42 Å². The van der Waals surface area contributed by atoms with Crippen LogP contribution in [0.4, 0.5) is 0 Å². The van der Waals surface area contributed by atoms with Crippen molar-refractivity contribution in [3.05, 3.63) is 0 Å². The van der Waals surface area contributed by atoms with E-state index in [1.807, 2.05) is 0 Å². The molecule has 0 bridgehead atoms. The highest BCUT2D eigenvalue weighted by atomic mass is 127. The number of aliphatic imine (C=N–C) groups is 1. The molecule has 0 spiro atoms. The summed E-state index contributed by atoms with van der Waals surface area (Å²) in [7, 11) is 0. The fraction of sp³-hybridized carbons (Fsp3) is 0.941. The van der Waals surface area contributed by atoms with Gasteiger partial charge in [-0.05, 0) is 39.5 Å². The van der Waals surface area contributed by atoms with Gasteiger partial charge < -0.3 is 19.7 Å². The van der Waals surface area contributed by atoms with Crippen LogP contribution in [0, 0.1) is 0 Å². The molecule has 0 aromatic carbocycles. The molecular weight excluding hydrogens is 405 g/mol. The third-order valence-electron chi connectivity index (χ3n) is 3.83. The van der Waals surface area contributed by atoms with Crippen LogP contribution in [0.25, 0.3) is 0 Å². The Labute approximate surface area is 159 Å². The first-order valence-corrected chi connectivity index (χ1v) is 9.04. The second-order valence-corrected chi connectivity index (χ2v) is 5.70. The average molecular weight is 441 g/mol. The number of unbranched alkanes of at least 4 members (excludes halogenated alkanes) is 1. The molecule has 23 heavy (non-hydrogen) atoms. The molecule has 0 atom stereocenters. The van der Waals surface area contributed by atoms with Gasteiger partial charge in [0.25, 0.3) is 0 Å². The van der Waals surface area contributed by atoms with E-state index in [2.05, 4.69) is 31.0 Å². The highest BCUT2D eigenvalue weighted by Crippen LogP contribution is 2.13. The monoisotopic (exact) mass is 441 g/mol. The maximum Gasteiger partial charge on any atom is 0.193 e. The number of piperidine rings is 1. The summed E-state index contributed by atoms with van der Waals surface area (Å²) in [5, 5.41) is 3.40. The van der Waals surface area contributed by atoms with Crippen molar-refractivity contribution in [1.29, 1.82) is 0 Å². The van der Waals surface area contributed by atoms with Gasteiger partial charge in [0.2, 0.25) is 0 Å². The van der Waals surface area contributed by atoms with Gasteiger partial charge in [-0.1, -0.05) is 13.3 Å². The van der Waals surface area contributed by atoms with Crippen molar-refractivity contribution in [2.75, 3.05) is 46.0 Å². The zero-order chi connectivity index (χ0) is 16.0. The lowest BCUT2D eigenvalue weighted by molar-refractivity contribution is 0.0263. The molecular formula is C17H36IN3O2. The Morgan fingerprint density at radius 3 is 2.43 bits per heavy atom. The van der Waals surface area contributed by atoms with Crippen LogP contribution in [0.3, 0.4) is 0 Å². The predicted octanol–water partition coefficient (Wildman–Crippen LogP) is 3.28. The number of ether oxygens (including phenoxy) is 2. The molecule has 0 radical (unpaired) electrons. The molecule has 1 aliphatic rings. The van der Waals surface area contributed by atoms with Crippen molar-refractivity contribution in [1.82, 2.24) is 10.2 Å². The van der Waals surface area contributed by atoms with Crippen molar-refractivity contribution in [3.63, 3.8) is 0 Å². The van der Waals surface area contributed by atoms with Gasteiger partial charge in [0.1, 0.15) is 0 Å². The van der Waals surface area contributed by atoms with Crippen LogP contribution in [0.5, 0.6) is 0 Å². The average Bonchev–Trinajstić information content (AvgIpc) is 2.54. The summed E-state index contributed by atoms with van der Waals surface area (Å²) in [4.78, 5) is 7.09.